The number of hydrogen-bond donors (Lipinski definition) is 1. The second-order valence-electron chi connectivity index (χ2n) is 5.49. The van der Waals surface area contributed by atoms with Gasteiger partial charge in [-0.05, 0) is 38.5 Å². The van der Waals surface area contributed by atoms with Gasteiger partial charge in [0.1, 0.15) is 0 Å². The summed E-state index contributed by atoms with van der Waals surface area (Å²) in [6.07, 6.45) is 6.84. The summed E-state index contributed by atoms with van der Waals surface area (Å²) in [6.45, 7) is 3.15. The molecule has 1 saturated carbocycles. The quantitative estimate of drug-likeness (QED) is 0.821. The van der Waals surface area contributed by atoms with Gasteiger partial charge in [0, 0.05) is 12.4 Å². The number of ether oxygens (including phenoxy) is 1. The van der Waals surface area contributed by atoms with Gasteiger partial charge >= 0.3 is 0 Å². The standard InChI is InChI=1S/C13H22N2OS/c1-9(12-6-3-7-16-12)14-13-15-11-5-2-4-10(11)8-17-13/h9-12H,2-8H2,1H3,(H,14,15). The molecule has 3 aliphatic rings. The maximum Gasteiger partial charge on any atom is 0.157 e. The van der Waals surface area contributed by atoms with Crippen LogP contribution >= 0.6 is 11.8 Å². The molecule has 0 aromatic rings. The van der Waals surface area contributed by atoms with E-state index in [1.165, 1.54) is 37.9 Å². The highest BCUT2D eigenvalue weighted by atomic mass is 32.2. The first-order chi connectivity index (χ1) is 8.33. The smallest absolute Gasteiger partial charge is 0.157 e. The van der Waals surface area contributed by atoms with Crippen molar-refractivity contribution in [2.24, 2.45) is 10.9 Å². The zero-order valence-electron chi connectivity index (χ0n) is 10.5. The van der Waals surface area contributed by atoms with Crippen molar-refractivity contribution >= 4 is 16.9 Å². The van der Waals surface area contributed by atoms with Gasteiger partial charge in [0.25, 0.3) is 0 Å². The van der Waals surface area contributed by atoms with Crippen molar-refractivity contribution in [1.29, 1.82) is 0 Å². The Morgan fingerprint density at radius 2 is 2.29 bits per heavy atom. The van der Waals surface area contributed by atoms with Gasteiger partial charge in [-0.3, -0.25) is 4.99 Å². The molecular weight excluding hydrogens is 232 g/mol. The molecule has 0 amide bonds. The van der Waals surface area contributed by atoms with Crippen molar-refractivity contribution < 1.29 is 4.74 Å². The van der Waals surface area contributed by atoms with Crippen LogP contribution in [0.2, 0.25) is 0 Å². The predicted octanol–water partition coefficient (Wildman–Crippen LogP) is 2.42. The minimum atomic E-state index is 0.389. The highest BCUT2D eigenvalue weighted by Crippen LogP contribution is 2.35. The maximum atomic E-state index is 5.72. The van der Waals surface area contributed by atoms with E-state index in [-0.39, 0.29) is 0 Å². The molecule has 2 heterocycles. The third-order valence-corrected chi connectivity index (χ3v) is 5.30. The maximum absolute atomic E-state index is 5.72. The minimum absolute atomic E-state index is 0.389. The van der Waals surface area contributed by atoms with Crippen LogP contribution in [0.3, 0.4) is 0 Å². The summed E-state index contributed by atoms with van der Waals surface area (Å²) < 4.78 is 5.72. The predicted molar refractivity (Wildman–Crippen MR) is 72.6 cm³/mol. The lowest BCUT2D eigenvalue weighted by Gasteiger charge is -2.27. The van der Waals surface area contributed by atoms with E-state index in [0.29, 0.717) is 18.2 Å². The fourth-order valence-corrected chi connectivity index (χ4v) is 4.36. The SMILES string of the molecule is CC(NC1=NC2CCCC2CS1)C1CCCO1. The average Bonchev–Trinajstić information content (AvgIpc) is 2.99. The van der Waals surface area contributed by atoms with Gasteiger partial charge in [-0.2, -0.15) is 0 Å². The van der Waals surface area contributed by atoms with Gasteiger partial charge in [-0.25, -0.2) is 0 Å². The monoisotopic (exact) mass is 254 g/mol. The highest BCUT2D eigenvalue weighted by Gasteiger charge is 2.32. The number of nitrogens with zero attached hydrogens (tertiary/aromatic N) is 1. The van der Waals surface area contributed by atoms with E-state index >= 15 is 0 Å². The molecule has 0 spiro atoms. The van der Waals surface area contributed by atoms with E-state index in [1.54, 1.807) is 0 Å². The van der Waals surface area contributed by atoms with Gasteiger partial charge < -0.3 is 10.1 Å². The Morgan fingerprint density at radius 1 is 1.35 bits per heavy atom. The van der Waals surface area contributed by atoms with Crippen LogP contribution in [0.5, 0.6) is 0 Å². The average molecular weight is 254 g/mol. The molecule has 96 valence electrons. The van der Waals surface area contributed by atoms with Crippen molar-refractivity contribution in [3.8, 4) is 0 Å². The van der Waals surface area contributed by atoms with Crippen LogP contribution in [0.1, 0.15) is 39.0 Å². The molecule has 4 unspecified atom stereocenters. The van der Waals surface area contributed by atoms with Gasteiger partial charge in [0.2, 0.25) is 0 Å². The Bertz CT molecular complexity index is 302. The molecule has 17 heavy (non-hydrogen) atoms. The molecule has 3 nitrogen and oxygen atoms in total. The molecular formula is C13H22N2OS. The van der Waals surface area contributed by atoms with Crippen LogP contribution in [-0.4, -0.2) is 35.7 Å². The Hall–Kier alpha value is -0.220. The van der Waals surface area contributed by atoms with Crippen LogP contribution in [0, 0.1) is 5.92 Å². The lowest BCUT2D eigenvalue weighted by Crippen LogP contribution is -2.41. The fourth-order valence-electron chi connectivity index (χ4n) is 3.12. The molecule has 3 rings (SSSR count). The molecule has 2 aliphatic heterocycles. The summed E-state index contributed by atoms with van der Waals surface area (Å²) in [7, 11) is 0. The zero-order chi connectivity index (χ0) is 11.7. The number of nitrogens with one attached hydrogen (secondary N) is 1. The first kappa shape index (κ1) is 11.8. The van der Waals surface area contributed by atoms with Gasteiger partial charge in [-0.1, -0.05) is 18.2 Å². The number of thioether (sulfide) groups is 1. The Kier molecular flexibility index (Phi) is 3.61. The van der Waals surface area contributed by atoms with Crippen LogP contribution in [0.15, 0.2) is 4.99 Å². The van der Waals surface area contributed by atoms with Crippen molar-refractivity contribution in [1.82, 2.24) is 5.32 Å². The Morgan fingerprint density at radius 3 is 3.12 bits per heavy atom. The molecule has 2 fully saturated rings. The number of aliphatic imine (C=N–C) groups is 1. The fraction of sp³-hybridized carbons (Fsp3) is 0.923. The highest BCUT2D eigenvalue weighted by molar-refractivity contribution is 8.13. The zero-order valence-corrected chi connectivity index (χ0v) is 11.3. The summed E-state index contributed by atoms with van der Waals surface area (Å²) >= 11 is 1.91. The van der Waals surface area contributed by atoms with E-state index in [2.05, 4.69) is 12.2 Å². The lowest BCUT2D eigenvalue weighted by molar-refractivity contribution is 0.0895. The first-order valence-corrected chi connectivity index (χ1v) is 7.90. The summed E-state index contributed by atoms with van der Waals surface area (Å²) in [4.78, 5) is 4.87. The molecule has 1 saturated heterocycles. The van der Waals surface area contributed by atoms with Crippen LogP contribution in [0.4, 0.5) is 0 Å². The van der Waals surface area contributed by atoms with Crippen molar-refractivity contribution in [2.45, 2.75) is 57.2 Å². The second kappa shape index (κ2) is 5.19. The van der Waals surface area contributed by atoms with Gasteiger partial charge in [-0.15, -0.1) is 0 Å². The molecule has 4 atom stereocenters. The summed E-state index contributed by atoms with van der Waals surface area (Å²) in [5, 5.41) is 4.72. The number of hydrogen-bond acceptors (Lipinski definition) is 4. The van der Waals surface area contributed by atoms with Gasteiger partial charge in [0.15, 0.2) is 5.17 Å². The van der Waals surface area contributed by atoms with Crippen LogP contribution in [-0.2, 0) is 4.74 Å². The van der Waals surface area contributed by atoms with E-state index in [1.807, 2.05) is 11.8 Å². The molecule has 0 bridgehead atoms. The minimum Gasteiger partial charge on any atom is -0.376 e. The normalized spacial score (nSPS) is 38.6. The third-order valence-electron chi connectivity index (χ3n) is 4.21. The lowest BCUT2D eigenvalue weighted by atomic mass is 10.1. The Balaban J connectivity index is 1.57. The second-order valence-corrected chi connectivity index (χ2v) is 6.50. The van der Waals surface area contributed by atoms with E-state index < -0.39 is 0 Å². The Labute approximate surface area is 108 Å². The number of amidine groups is 1. The number of rotatable bonds is 2. The molecule has 0 aromatic carbocycles. The van der Waals surface area contributed by atoms with Crippen molar-refractivity contribution in [2.75, 3.05) is 12.4 Å². The molecule has 1 aliphatic carbocycles. The summed E-state index contributed by atoms with van der Waals surface area (Å²) in [5.41, 5.74) is 0. The van der Waals surface area contributed by atoms with E-state index in [0.717, 1.165) is 17.7 Å². The molecule has 1 N–H and O–H groups in total. The van der Waals surface area contributed by atoms with Crippen LogP contribution < -0.4 is 5.32 Å². The van der Waals surface area contributed by atoms with Crippen molar-refractivity contribution in [3.05, 3.63) is 0 Å². The summed E-state index contributed by atoms with van der Waals surface area (Å²) in [6, 6.07) is 1.01. The summed E-state index contributed by atoms with van der Waals surface area (Å²) in [5.74, 6) is 2.11. The van der Waals surface area contributed by atoms with E-state index in [9.17, 15) is 0 Å². The van der Waals surface area contributed by atoms with Crippen LogP contribution in [0.25, 0.3) is 0 Å². The largest absolute Gasteiger partial charge is 0.376 e. The third kappa shape index (κ3) is 2.63. The van der Waals surface area contributed by atoms with Crippen molar-refractivity contribution in [3.63, 3.8) is 0 Å². The number of fused-ring (bicyclic) bond motifs is 1. The van der Waals surface area contributed by atoms with E-state index in [4.69, 9.17) is 9.73 Å². The molecule has 0 aromatic heterocycles. The van der Waals surface area contributed by atoms with Gasteiger partial charge in [0.05, 0.1) is 18.2 Å². The first-order valence-electron chi connectivity index (χ1n) is 6.91. The molecule has 0 radical (unpaired) electrons. The molecule has 4 heteroatoms. The topological polar surface area (TPSA) is 33.6 Å².